The molecule has 0 aliphatic carbocycles. The first kappa shape index (κ1) is 18.6. The van der Waals surface area contributed by atoms with Gasteiger partial charge in [-0.05, 0) is 38.8 Å². The molecule has 1 N–H and O–H groups in total. The van der Waals surface area contributed by atoms with E-state index in [2.05, 4.69) is 10.4 Å². The summed E-state index contributed by atoms with van der Waals surface area (Å²) >= 11 is 0. The van der Waals surface area contributed by atoms with E-state index in [0.717, 1.165) is 16.9 Å². The molecule has 1 aromatic heterocycles. The van der Waals surface area contributed by atoms with E-state index in [1.807, 2.05) is 44.2 Å². The molecule has 1 saturated heterocycles. The minimum atomic E-state index is -3.19. The van der Waals surface area contributed by atoms with E-state index in [1.54, 1.807) is 4.68 Å². The van der Waals surface area contributed by atoms with Crippen LogP contribution in [0.4, 0.5) is 5.82 Å². The summed E-state index contributed by atoms with van der Waals surface area (Å²) in [5, 5.41) is 7.43. The number of aromatic nitrogens is 2. The second-order valence-corrected chi connectivity index (χ2v) is 8.83. The van der Waals surface area contributed by atoms with Crippen molar-refractivity contribution >= 4 is 21.7 Å². The van der Waals surface area contributed by atoms with Gasteiger partial charge in [-0.25, -0.2) is 17.4 Å². The zero-order valence-electron chi connectivity index (χ0n) is 15.3. The van der Waals surface area contributed by atoms with Gasteiger partial charge in [0, 0.05) is 25.1 Å². The van der Waals surface area contributed by atoms with Crippen LogP contribution in [0, 0.1) is 19.8 Å². The van der Waals surface area contributed by atoms with Crippen molar-refractivity contribution in [2.45, 2.75) is 26.7 Å². The Labute approximate surface area is 154 Å². The number of amides is 1. The van der Waals surface area contributed by atoms with Gasteiger partial charge in [0.15, 0.2) is 0 Å². The summed E-state index contributed by atoms with van der Waals surface area (Å²) in [6.45, 7) is 4.66. The van der Waals surface area contributed by atoms with E-state index in [4.69, 9.17) is 0 Å². The molecule has 2 aromatic rings. The zero-order chi connectivity index (χ0) is 18.9. The van der Waals surface area contributed by atoms with E-state index in [1.165, 1.54) is 10.6 Å². The van der Waals surface area contributed by atoms with Crippen LogP contribution in [-0.4, -0.2) is 47.8 Å². The van der Waals surface area contributed by atoms with Gasteiger partial charge in [-0.1, -0.05) is 17.7 Å². The van der Waals surface area contributed by atoms with Gasteiger partial charge in [0.2, 0.25) is 15.9 Å². The zero-order valence-corrected chi connectivity index (χ0v) is 16.1. The van der Waals surface area contributed by atoms with Crippen molar-refractivity contribution in [3.8, 4) is 5.69 Å². The third-order valence-corrected chi connectivity index (χ3v) is 5.96. The van der Waals surface area contributed by atoms with Gasteiger partial charge in [0.05, 0.1) is 17.6 Å². The maximum atomic E-state index is 12.7. The average molecular weight is 376 g/mol. The summed E-state index contributed by atoms with van der Waals surface area (Å²) in [5.74, 6) is 0.336. The summed E-state index contributed by atoms with van der Waals surface area (Å²) in [6.07, 6.45) is 2.25. The highest BCUT2D eigenvalue weighted by molar-refractivity contribution is 7.88. The lowest BCUT2D eigenvalue weighted by atomic mass is 9.97. The third-order valence-electron chi connectivity index (χ3n) is 4.66. The molecule has 0 spiro atoms. The van der Waals surface area contributed by atoms with Crippen LogP contribution < -0.4 is 5.32 Å². The van der Waals surface area contributed by atoms with Gasteiger partial charge in [0.25, 0.3) is 0 Å². The van der Waals surface area contributed by atoms with Crippen molar-refractivity contribution in [3.63, 3.8) is 0 Å². The maximum absolute atomic E-state index is 12.7. The molecule has 1 aliphatic rings. The lowest BCUT2D eigenvalue weighted by molar-refractivity contribution is -0.120. The third kappa shape index (κ3) is 4.13. The number of hydrogen-bond acceptors (Lipinski definition) is 4. The molecule has 26 heavy (non-hydrogen) atoms. The highest BCUT2D eigenvalue weighted by Gasteiger charge is 2.29. The Kier molecular flexibility index (Phi) is 5.15. The first-order valence-corrected chi connectivity index (χ1v) is 10.5. The number of carbonyl (C=O) groups excluding carboxylic acids is 1. The normalized spacial score (nSPS) is 16.6. The maximum Gasteiger partial charge on any atom is 0.228 e. The van der Waals surface area contributed by atoms with Crippen molar-refractivity contribution in [2.75, 3.05) is 24.7 Å². The molecule has 7 nitrogen and oxygen atoms in total. The molecular weight excluding hydrogens is 352 g/mol. The Morgan fingerprint density at radius 3 is 2.35 bits per heavy atom. The smallest absolute Gasteiger partial charge is 0.228 e. The molecule has 0 unspecified atom stereocenters. The topological polar surface area (TPSA) is 84.3 Å². The molecule has 3 rings (SSSR count). The predicted octanol–water partition coefficient (Wildman–Crippen LogP) is 2.10. The van der Waals surface area contributed by atoms with Gasteiger partial charge in [-0.3, -0.25) is 4.79 Å². The fourth-order valence-electron chi connectivity index (χ4n) is 3.15. The number of benzene rings is 1. The number of anilines is 1. The lowest BCUT2D eigenvalue weighted by Crippen LogP contribution is -2.41. The van der Waals surface area contributed by atoms with Crippen LogP contribution in [0.3, 0.4) is 0 Å². The Hall–Kier alpha value is -2.19. The Balaban J connectivity index is 1.72. The Morgan fingerprint density at radius 2 is 1.77 bits per heavy atom. The van der Waals surface area contributed by atoms with Crippen molar-refractivity contribution in [3.05, 3.63) is 41.6 Å². The summed E-state index contributed by atoms with van der Waals surface area (Å²) in [6, 6.07) is 9.76. The number of piperidine rings is 1. The quantitative estimate of drug-likeness (QED) is 0.886. The summed E-state index contributed by atoms with van der Waals surface area (Å²) in [7, 11) is -3.19. The standard InChI is InChI=1S/C18H24N4O3S/c1-13-4-6-16(7-5-13)22-17(12-14(2)20-22)19-18(23)15-8-10-21(11-9-15)26(3,24)25/h4-7,12,15H,8-11H2,1-3H3,(H,19,23). The highest BCUT2D eigenvalue weighted by atomic mass is 32.2. The van der Waals surface area contributed by atoms with E-state index in [9.17, 15) is 13.2 Å². The van der Waals surface area contributed by atoms with Gasteiger partial charge in [-0.2, -0.15) is 5.10 Å². The predicted molar refractivity (Wildman–Crippen MR) is 101 cm³/mol. The minimum absolute atomic E-state index is 0.0913. The van der Waals surface area contributed by atoms with E-state index in [0.29, 0.717) is 31.7 Å². The number of nitrogens with one attached hydrogen (secondary N) is 1. The molecule has 2 heterocycles. The van der Waals surface area contributed by atoms with Crippen LogP contribution in [0.5, 0.6) is 0 Å². The second kappa shape index (κ2) is 7.20. The number of sulfonamides is 1. The average Bonchev–Trinajstić information content (AvgIpc) is 2.95. The Morgan fingerprint density at radius 1 is 1.15 bits per heavy atom. The van der Waals surface area contributed by atoms with Gasteiger partial charge in [0.1, 0.15) is 5.82 Å². The number of nitrogens with zero attached hydrogens (tertiary/aromatic N) is 3. The fraction of sp³-hybridized carbons (Fsp3) is 0.444. The molecule has 0 atom stereocenters. The molecule has 1 amide bonds. The van der Waals surface area contributed by atoms with Gasteiger partial charge < -0.3 is 5.32 Å². The molecule has 1 fully saturated rings. The molecule has 8 heteroatoms. The first-order chi connectivity index (χ1) is 12.2. The second-order valence-electron chi connectivity index (χ2n) is 6.84. The van der Waals surface area contributed by atoms with E-state index >= 15 is 0 Å². The lowest BCUT2D eigenvalue weighted by Gasteiger charge is -2.29. The number of hydrogen-bond donors (Lipinski definition) is 1. The van der Waals surface area contributed by atoms with Crippen molar-refractivity contribution in [1.29, 1.82) is 0 Å². The van der Waals surface area contributed by atoms with Crippen molar-refractivity contribution in [2.24, 2.45) is 5.92 Å². The summed E-state index contributed by atoms with van der Waals surface area (Å²) in [4.78, 5) is 12.7. The fourth-order valence-corrected chi connectivity index (χ4v) is 4.02. The van der Waals surface area contributed by atoms with Crippen LogP contribution >= 0.6 is 0 Å². The SMILES string of the molecule is Cc1ccc(-n2nc(C)cc2NC(=O)C2CCN(S(C)(=O)=O)CC2)cc1. The highest BCUT2D eigenvalue weighted by Crippen LogP contribution is 2.23. The summed E-state index contributed by atoms with van der Waals surface area (Å²) < 4.78 is 26.3. The van der Waals surface area contributed by atoms with Crippen LogP contribution in [0.1, 0.15) is 24.1 Å². The van der Waals surface area contributed by atoms with E-state index < -0.39 is 10.0 Å². The number of rotatable bonds is 4. The van der Waals surface area contributed by atoms with Crippen molar-refractivity contribution < 1.29 is 13.2 Å². The van der Waals surface area contributed by atoms with Crippen LogP contribution in [0.25, 0.3) is 5.69 Å². The van der Waals surface area contributed by atoms with Crippen LogP contribution in [0.15, 0.2) is 30.3 Å². The summed E-state index contributed by atoms with van der Waals surface area (Å²) in [5.41, 5.74) is 2.85. The van der Waals surface area contributed by atoms with Crippen LogP contribution in [-0.2, 0) is 14.8 Å². The molecular formula is C18H24N4O3S. The van der Waals surface area contributed by atoms with Crippen LogP contribution in [0.2, 0.25) is 0 Å². The molecule has 0 saturated carbocycles. The number of carbonyl (C=O) groups is 1. The van der Waals surface area contributed by atoms with Crippen molar-refractivity contribution in [1.82, 2.24) is 14.1 Å². The monoisotopic (exact) mass is 376 g/mol. The molecule has 0 bridgehead atoms. The molecule has 1 aliphatic heterocycles. The molecule has 140 valence electrons. The largest absolute Gasteiger partial charge is 0.310 e. The minimum Gasteiger partial charge on any atom is -0.310 e. The first-order valence-electron chi connectivity index (χ1n) is 8.64. The van der Waals surface area contributed by atoms with E-state index in [-0.39, 0.29) is 11.8 Å². The molecule has 0 radical (unpaired) electrons. The number of aryl methyl sites for hydroxylation is 2. The molecule has 1 aromatic carbocycles. The van der Waals surface area contributed by atoms with Gasteiger partial charge >= 0.3 is 0 Å². The van der Waals surface area contributed by atoms with Gasteiger partial charge in [-0.15, -0.1) is 0 Å². The Bertz CT molecular complexity index is 895.